The molecule has 1 amide bonds. The van der Waals surface area contributed by atoms with E-state index in [1.54, 1.807) is 42.2 Å². The van der Waals surface area contributed by atoms with Crippen molar-refractivity contribution in [2.75, 3.05) is 32.9 Å². The minimum atomic E-state index is -1.16. The van der Waals surface area contributed by atoms with Crippen molar-refractivity contribution in [3.63, 3.8) is 0 Å². The van der Waals surface area contributed by atoms with Crippen LogP contribution >= 0.6 is 0 Å². The van der Waals surface area contributed by atoms with Crippen molar-refractivity contribution in [2.45, 2.75) is 13.0 Å². The molecule has 0 aromatic heterocycles. The zero-order chi connectivity index (χ0) is 21.5. The van der Waals surface area contributed by atoms with Crippen molar-refractivity contribution in [1.82, 2.24) is 4.90 Å². The van der Waals surface area contributed by atoms with E-state index in [0.717, 1.165) is 6.07 Å². The molecule has 0 bridgehead atoms. The van der Waals surface area contributed by atoms with Crippen molar-refractivity contribution in [2.24, 2.45) is 0 Å². The summed E-state index contributed by atoms with van der Waals surface area (Å²) in [5, 5.41) is 11.3. The number of rotatable bonds is 7. The van der Waals surface area contributed by atoms with E-state index in [1.807, 2.05) is 0 Å². The summed E-state index contributed by atoms with van der Waals surface area (Å²) >= 11 is 0. The molecule has 3 rings (SSSR count). The van der Waals surface area contributed by atoms with Crippen LogP contribution in [0.4, 0.5) is 5.69 Å². The van der Waals surface area contributed by atoms with E-state index in [0.29, 0.717) is 31.9 Å². The molecular formula is C21H22N2O7. The zero-order valence-electron chi connectivity index (χ0n) is 16.5. The maximum atomic E-state index is 13.0. The number of nitro groups is 1. The van der Waals surface area contributed by atoms with Gasteiger partial charge in [-0.1, -0.05) is 30.3 Å². The average Bonchev–Trinajstić information content (AvgIpc) is 2.78. The molecule has 9 nitrogen and oxygen atoms in total. The normalized spacial score (nSPS) is 14.6. The molecule has 1 atom stereocenters. The third-order valence-electron chi connectivity index (χ3n) is 4.57. The average molecular weight is 414 g/mol. The highest BCUT2D eigenvalue weighted by Gasteiger charge is 2.31. The second-order valence-corrected chi connectivity index (χ2v) is 6.51. The van der Waals surface area contributed by atoms with E-state index in [2.05, 4.69) is 0 Å². The highest BCUT2D eigenvalue weighted by Crippen LogP contribution is 2.29. The number of esters is 1. The van der Waals surface area contributed by atoms with Gasteiger partial charge in [0.2, 0.25) is 6.10 Å². The fourth-order valence-electron chi connectivity index (χ4n) is 3.08. The minimum absolute atomic E-state index is 0.0409. The maximum Gasteiger partial charge on any atom is 0.339 e. The van der Waals surface area contributed by atoms with Crippen molar-refractivity contribution < 1.29 is 28.7 Å². The van der Waals surface area contributed by atoms with Crippen LogP contribution in [0.15, 0.2) is 48.5 Å². The zero-order valence-corrected chi connectivity index (χ0v) is 16.5. The Morgan fingerprint density at radius 1 is 1.17 bits per heavy atom. The standard InChI is InChI=1S/C21H22N2O7/c1-2-29-18-9-8-16(14-17(18)23(26)27)21(25)30-19(15-6-4-3-5-7-15)20(24)22-10-12-28-13-11-22/h3-9,14,19H,2,10-13H2,1H3/t19-/m0/s1. The van der Waals surface area contributed by atoms with Crippen LogP contribution in [0, 0.1) is 10.1 Å². The number of nitrogens with zero attached hydrogens (tertiary/aromatic N) is 2. The molecule has 1 aliphatic heterocycles. The number of hydrogen-bond acceptors (Lipinski definition) is 7. The van der Waals surface area contributed by atoms with Gasteiger partial charge in [-0.3, -0.25) is 14.9 Å². The molecule has 2 aromatic carbocycles. The molecule has 1 aliphatic rings. The molecule has 9 heteroatoms. The third kappa shape index (κ3) is 4.93. The summed E-state index contributed by atoms with van der Waals surface area (Å²) in [6, 6.07) is 12.5. The van der Waals surface area contributed by atoms with Crippen molar-refractivity contribution in [3.05, 3.63) is 69.8 Å². The molecule has 0 spiro atoms. The fourth-order valence-corrected chi connectivity index (χ4v) is 3.08. The van der Waals surface area contributed by atoms with Gasteiger partial charge in [0.05, 0.1) is 30.3 Å². The Balaban J connectivity index is 1.87. The van der Waals surface area contributed by atoms with Crippen LogP contribution in [0.25, 0.3) is 0 Å². The predicted octanol–water partition coefficient (Wildman–Crippen LogP) is 2.75. The van der Waals surface area contributed by atoms with E-state index in [4.69, 9.17) is 14.2 Å². The molecule has 2 aromatic rings. The first-order valence-corrected chi connectivity index (χ1v) is 9.55. The summed E-state index contributed by atoms with van der Waals surface area (Å²) in [6.07, 6.45) is -1.16. The lowest BCUT2D eigenvalue weighted by molar-refractivity contribution is -0.385. The largest absolute Gasteiger partial charge is 0.487 e. The summed E-state index contributed by atoms with van der Waals surface area (Å²) < 4.78 is 16.0. The number of amides is 1. The molecule has 30 heavy (non-hydrogen) atoms. The second-order valence-electron chi connectivity index (χ2n) is 6.51. The van der Waals surface area contributed by atoms with Crippen molar-refractivity contribution >= 4 is 17.6 Å². The Hall–Kier alpha value is -3.46. The Labute approximate surface area is 173 Å². The number of nitro benzene ring substituents is 1. The van der Waals surface area contributed by atoms with Gasteiger partial charge in [-0.25, -0.2) is 4.79 Å². The molecule has 1 saturated heterocycles. The monoisotopic (exact) mass is 414 g/mol. The van der Waals surface area contributed by atoms with Crippen LogP contribution in [-0.4, -0.2) is 54.6 Å². The molecule has 0 radical (unpaired) electrons. The number of carbonyl (C=O) groups excluding carboxylic acids is 2. The van der Waals surface area contributed by atoms with Crippen molar-refractivity contribution in [1.29, 1.82) is 0 Å². The third-order valence-corrected chi connectivity index (χ3v) is 4.57. The number of benzene rings is 2. The highest BCUT2D eigenvalue weighted by molar-refractivity contribution is 5.93. The van der Waals surface area contributed by atoms with Gasteiger partial charge in [-0.05, 0) is 19.1 Å². The van der Waals surface area contributed by atoms with Gasteiger partial charge >= 0.3 is 11.7 Å². The quantitative estimate of drug-likeness (QED) is 0.389. The summed E-state index contributed by atoms with van der Waals surface area (Å²) in [5.74, 6) is -1.14. The minimum Gasteiger partial charge on any atom is -0.487 e. The van der Waals surface area contributed by atoms with Crippen LogP contribution in [0.3, 0.4) is 0 Å². The number of hydrogen-bond donors (Lipinski definition) is 0. The second kappa shape index (κ2) is 9.84. The van der Waals surface area contributed by atoms with Crippen LogP contribution in [0.5, 0.6) is 5.75 Å². The maximum absolute atomic E-state index is 13.0. The predicted molar refractivity (Wildman–Crippen MR) is 106 cm³/mol. The molecule has 0 unspecified atom stereocenters. The van der Waals surface area contributed by atoms with Gasteiger partial charge in [0, 0.05) is 24.7 Å². The lowest BCUT2D eigenvalue weighted by Crippen LogP contribution is -2.44. The smallest absolute Gasteiger partial charge is 0.339 e. The summed E-state index contributed by atoms with van der Waals surface area (Å²) in [4.78, 5) is 38.1. The van der Waals surface area contributed by atoms with E-state index < -0.39 is 17.0 Å². The van der Waals surface area contributed by atoms with Crippen LogP contribution in [-0.2, 0) is 14.3 Å². The highest BCUT2D eigenvalue weighted by atomic mass is 16.6. The first-order valence-electron chi connectivity index (χ1n) is 9.55. The Morgan fingerprint density at radius 3 is 2.50 bits per heavy atom. The molecule has 158 valence electrons. The lowest BCUT2D eigenvalue weighted by atomic mass is 10.1. The van der Waals surface area contributed by atoms with Gasteiger partial charge in [0.25, 0.3) is 5.91 Å². The van der Waals surface area contributed by atoms with Crippen LogP contribution in [0.1, 0.15) is 28.9 Å². The molecule has 0 N–H and O–H groups in total. The molecule has 1 heterocycles. The Morgan fingerprint density at radius 2 is 1.87 bits per heavy atom. The van der Waals surface area contributed by atoms with E-state index in [1.165, 1.54) is 12.1 Å². The van der Waals surface area contributed by atoms with E-state index in [9.17, 15) is 19.7 Å². The van der Waals surface area contributed by atoms with Crippen LogP contribution < -0.4 is 4.74 Å². The lowest BCUT2D eigenvalue weighted by Gasteiger charge is -2.30. The first kappa shape index (κ1) is 21.3. The molecule has 0 saturated carbocycles. The molecule has 1 fully saturated rings. The van der Waals surface area contributed by atoms with Gasteiger partial charge in [0.1, 0.15) is 0 Å². The van der Waals surface area contributed by atoms with E-state index in [-0.39, 0.29) is 29.5 Å². The Bertz CT molecular complexity index is 911. The van der Waals surface area contributed by atoms with Crippen LogP contribution in [0.2, 0.25) is 0 Å². The first-order chi connectivity index (χ1) is 14.5. The number of ether oxygens (including phenoxy) is 3. The summed E-state index contributed by atoms with van der Waals surface area (Å²) in [7, 11) is 0. The van der Waals surface area contributed by atoms with Gasteiger partial charge in [-0.15, -0.1) is 0 Å². The van der Waals surface area contributed by atoms with Gasteiger partial charge < -0.3 is 19.1 Å². The SMILES string of the molecule is CCOc1ccc(C(=O)O[C@H](C(=O)N2CCOCC2)c2ccccc2)cc1[N+](=O)[O-]. The number of morpholine rings is 1. The summed E-state index contributed by atoms with van der Waals surface area (Å²) in [6.45, 7) is 3.56. The topological polar surface area (TPSA) is 108 Å². The van der Waals surface area contributed by atoms with E-state index >= 15 is 0 Å². The molecule has 0 aliphatic carbocycles. The number of carbonyl (C=O) groups is 2. The van der Waals surface area contributed by atoms with Gasteiger partial charge in [0.15, 0.2) is 5.75 Å². The molecular weight excluding hydrogens is 392 g/mol. The summed E-state index contributed by atoms with van der Waals surface area (Å²) in [5.41, 5.74) is 0.130. The van der Waals surface area contributed by atoms with Crippen molar-refractivity contribution in [3.8, 4) is 5.75 Å². The fraction of sp³-hybridized carbons (Fsp3) is 0.333. The van der Waals surface area contributed by atoms with Gasteiger partial charge in [-0.2, -0.15) is 0 Å². The Kier molecular flexibility index (Phi) is 6.97.